The van der Waals surface area contributed by atoms with E-state index in [4.69, 9.17) is 5.11 Å². The summed E-state index contributed by atoms with van der Waals surface area (Å²) in [5, 5.41) is 18.5. The van der Waals surface area contributed by atoms with E-state index >= 15 is 0 Å². The number of amides is 1. The zero-order chi connectivity index (χ0) is 14.0. The summed E-state index contributed by atoms with van der Waals surface area (Å²) in [6.45, 7) is 4.13. The molecule has 0 fully saturated rings. The van der Waals surface area contributed by atoms with Crippen molar-refractivity contribution >= 4 is 5.91 Å². The van der Waals surface area contributed by atoms with Gasteiger partial charge in [-0.15, -0.1) is 0 Å². The third-order valence-corrected chi connectivity index (χ3v) is 2.95. The fraction of sp³-hybridized carbons (Fsp3) is 0.333. The SMILES string of the molecule is C=C(CO)CCN1CNn2ccc(=O)c(O)c2C1=O. The zero-order valence-corrected chi connectivity index (χ0v) is 10.3. The van der Waals surface area contributed by atoms with Crippen molar-refractivity contribution in [3.05, 3.63) is 40.3 Å². The molecule has 1 aromatic rings. The van der Waals surface area contributed by atoms with Crippen molar-refractivity contribution in [2.24, 2.45) is 0 Å². The van der Waals surface area contributed by atoms with Crippen LogP contribution in [0.5, 0.6) is 5.75 Å². The number of aliphatic hydroxyl groups excluding tert-OH is 1. The molecule has 0 saturated carbocycles. The molecule has 7 heteroatoms. The first-order valence-corrected chi connectivity index (χ1v) is 5.80. The second kappa shape index (κ2) is 5.15. The lowest BCUT2D eigenvalue weighted by Crippen LogP contribution is -2.46. The van der Waals surface area contributed by atoms with Crippen LogP contribution in [0.2, 0.25) is 0 Å². The maximum absolute atomic E-state index is 12.2. The molecule has 0 radical (unpaired) electrons. The van der Waals surface area contributed by atoms with Crippen LogP contribution in [0.15, 0.2) is 29.2 Å². The van der Waals surface area contributed by atoms with Crippen molar-refractivity contribution in [1.82, 2.24) is 9.58 Å². The number of carbonyl (C=O) groups excluding carboxylic acids is 1. The molecule has 0 atom stereocenters. The molecule has 1 aliphatic heterocycles. The monoisotopic (exact) mass is 265 g/mol. The van der Waals surface area contributed by atoms with Gasteiger partial charge in [0.2, 0.25) is 5.43 Å². The Bertz CT molecular complexity index is 579. The molecule has 0 aromatic carbocycles. The molecule has 0 bridgehead atoms. The Morgan fingerprint density at radius 1 is 1.47 bits per heavy atom. The Morgan fingerprint density at radius 2 is 2.21 bits per heavy atom. The average molecular weight is 265 g/mol. The Morgan fingerprint density at radius 3 is 2.89 bits per heavy atom. The number of pyridine rings is 1. The summed E-state index contributed by atoms with van der Waals surface area (Å²) in [6, 6.07) is 1.18. The minimum absolute atomic E-state index is 0.0756. The highest BCUT2D eigenvalue weighted by atomic mass is 16.3. The van der Waals surface area contributed by atoms with Crippen LogP contribution >= 0.6 is 0 Å². The van der Waals surface area contributed by atoms with Gasteiger partial charge in [-0.05, 0) is 6.42 Å². The van der Waals surface area contributed by atoms with Gasteiger partial charge in [-0.2, -0.15) is 0 Å². The molecular formula is C12H15N3O4. The molecule has 1 aliphatic rings. The number of hydrogen-bond donors (Lipinski definition) is 3. The summed E-state index contributed by atoms with van der Waals surface area (Å²) in [7, 11) is 0. The molecule has 7 nitrogen and oxygen atoms in total. The number of aliphatic hydroxyl groups is 1. The first-order chi connectivity index (χ1) is 9.04. The highest BCUT2D eigenvalue weighted by Crippen LogP contribution is 2.17. The van der Waals surface area contributed by atoms with Crippen LogP contribution in [-0.2, 0) is 0 Å². The summed E-state index contributed by atoms with van der Waals surface area (Å²) in [5.74, 6) is -0.995. The lowest BCUT2D eigenvalue weighted by molar-refractivity contribution is 0.0723. The fourth-order valence-corrected chi connectivity index (χ4v) is 1.80. The quantitative estimate of drug-likeness (QED) is 0.635. The van der Waals surface area contributed by atoms with Crippen molar-refractivity contribution in [2.75, 3.05) is 25.2 Å². The fourth-order valence-electron chi connectivity index (χ4n) is 1.80. The molecule has 2 heterocycles. The number of carbonyl (C=O) groups is 1. The van der Waals surface area contributed by atoms with E-state index in [0.29, 0.717) is 18.5 Å². The molecule has 102 valence electrons. The largest absolute Gasteiger partial charge is 0.502 e. The molecule has 19 heavy (non-hydrogen) atoms. The molecular weight excluding hydrogens is 250 g/mol. The first kappa shape index (κ1) is 13.2. The number of nitrogens with zero attached hydrogens (tertiary/aromatic N) is 2. The minimum atomic E-state index is -0.594. The van der Waals surface area contributed by atoms with Gasteiger partial charge < -0.3 is 20.5 Å². The van der Waals surface area contributed by atoms with E-state index in [-0.39, 0.29) is 19.0 Å². The molecule has 1 aromatic heterocycles. The Hall–Kier alpha value is -2.28. The van der Waals surface area contributed by atoms with Gasteiger partial charge in [-0.25, -0.2) is 0 Å². The topological polar surface area (TPSA) is 94.8 Å². The predicted molar refractivity (Wildman–Crippen MR) is 68.5 cm³/mol. The van der Waals surface area contributed by atoms with Gasteiger partial charge in [-0.1, -0.05) is 12.2 Å². The van der Waals surface area contributed by atoms with Crippen molar-refractivity contribution in [3.8, 4) is 5.75 Å². The molecule has 0 aliphatic carbocycles. The Labute approximate surface area is 109 Å². The summed E-state index contributed by atoms with van der Waals surface area (Å²) in [5.41, 5.74) is 2.83. The van der Waals surface area contributed by atoms with Gasteiger partial charge in [0.05, 0.1) is 6.61 Å². The van der Waals surface area contributed by atoms with Crippen LogP contribution < -0.4 is 10.9 Å². The maximum atomic E-state index is 12.2. The van der Waals surface area contributed by atoms with Crippen LogP contribution in [0.25, 0.3) is 0 Å². The summed E-state index contributed by atoms with van der Waals surface area (Å²) in [6.07, 6.45) is 1.86. The van der Waals surface area contributed by atoms with Crippen molar-refractivity contribution in [3.63, 3.8) is 0 Å². The number of nitrogens with one attached hydrogen (secondary N) is 1. The van der Waals surface area contributed by atoms with E-state index in [2.05, 4.69) is 12.0 Å². The molecule has 3 N–H and O–H groups in total. The van der Waals surface area contributed by atoms with Crippen LogP contribution in [0, 0.1) is 0 Å². The summed E-state index contributed by atoms with van der Waals surface area (Å²) >= 11 is 0. The van der Waals surface area contributed by atoms with E-state index in [9.17, 15) is 14.7 Å². The van der Waals surface area contributed by atoms with E-state index in [1.54, 1.807) is 0 Å². The summed E-state index contributed by atoms with van der Waals surface area (Å²) in [4.78, 5) is 25.0. The summed E-state index contributed by atoms with van der Waals surface area (Å²) < 4.78 is 1.33. The van der Waals surface area contributed by atoms with Gasteiger partial charge in [-0.3, -0.25) is 14.3 Å². The maximum Gasteiger partial charge on any atom is 0.277 e. The number of fused-ring (bicyclic) bond motifs is 1. The van der Waals surface area contributed by atoms with E-state index in [1.165, 1.54) is 21.8 Å². The molecule has 0 saturated heterocycles. The standard InChI is InChI=1S/C12H15N3O4/c1-8(6-16)2-4-14-7-13-15-5-3-9(17)11(18)10(15)12(14)19/h3,5,13,16,18H,1-2,4,6-7H2. The van der Waals surface area contributed by atoms with Crippen LogP contribution in [0.1, 0.15) is 16.9 Å². The normalized spacial score (nSPS) is 13.9. The predicted octanol–water partition coefficient (Wildman–Crippen LogP) is -0.551. The van der Waals surface area contributed by atoms with E-state index < -0.39 is 17.1 Å². The number of hydrogen-bond acceptors (Lipinski definition) is 5. The smallest absolute Gasteiger partial charge is 0.277 e. The van der Waals surface area contributed by atoms with E-state index in [1.807, 2.05) is 0 Å². The molecule has 0 unspecified atom stereocenters. The van der Waals surface area contributed by atoms with Gasteiger partial charge in [0.15, 0.2) is 11.4 Å². The van der Waals surface area contributed by atoms with Gasteiger partial charge in [0, 0.05) is 18.8 Å². The minimum Gasteiger partial charge on any atom is -0.502 e. The second-order valence-electron chi connectivity index (χ2n) is 4.29. The van der Waals surface area contributed by atoms with Gasteiger partial charge in [0.25, 0.3) is 5.91 Å². The highest BCUT2D eigenvalue weighted by molar-refractivity contribution is 5.96. The van der Waals surface area contributed by atoms with Crippen molar-refractivity contribution < 1.29 is 15.0 Å². The van der Waals surface area contributed by atoms with Crippen LogP contribution in [-0.4, -0.2) is 45.5 Å². The lowest BCUT2D eigenvalue weighted by Gasteiger charge is -2.31. The van der Waals surface area contributed by atoms with Crippen LogP contribution in [0.3, 0.4) is 0 Å². The molecule has 1 amide bonds. The van der Waals surface area contributed by atoms with Crippen LogP contribution in [0.4, 0.5) is 0 Å². The van der Waals surface area contributed by atoms with Crippen molar-refractivity contribution in [1.29, 1.82) is 0 Å². The third-order valence-electron chi connectivity index (χ3n) is 2.95. The third kappa shape index (κ3) is 2.45. The number of aromatic nitrogens is 1. The lowest BCUT2D eigenvalue weighted by atomic mass is 10.2. The Kier molecular flexibility index (Phi) is 3.57. The second-order valence-corrected chi connectivity index (χ2v) is 4.29. The van der Waals surface area contributed by atoms with Gasteiger partial charge in [0.1, 0.15) is 6.67 Å². The molecule has 2 rings (SSSR count). The Balaban J connectivity index is 2.22. The first-order valence-electron chi connectivity index (χ1n) is 5.80. The molecule has 0 spiro atoms. The highest BCUT2D eigenvalue weighted by Gasteiger charge is 2.27. The van der Waals surface area contributed by atoms with Crippen molar-refractivity contribution in [2.45, 2.75) is 6.42 Å². The number of rotatable bonds is 4. The van der Waals surface area contributed by atoms with E-state index in [0.717, 1.165) is 0 Å². The number of aromatic hydroxyl groups is 1. The zero-order valence-electron chi connectivity index (χ0n) is 10.3. The average Bonchev–Trinajstić information content (AvgIpc) is 2.41. The van der Waals surface area contributed by atoms with Gasteiger partial charge >= 0.3 is 0 Å².